The fourth-order valence-electron chi connectivity index (χ4n) is 2.09. The highest BCUT2D eigenvalue weighted by Gasteiger charge is 2.18. The Morgan fingerprint density at radius 2 is 2.00 bits per heavy atom. The van der Waals surface area contributed by atoms with Crippen molar-refractivity contribution in [3.63, 3.8) is 0 Å². The number of rotatable bonds is 4. The minimum atomic E-state index is 0.411. The Hall–Kier alpha value is -0.780. The van der Waals surface area contributed by atoms with Gasteiger partial charge < -0.3 is 10.6 Å². The molecule has 0 atom stereocenters. The molecule has 0 aromatic carbocycles. The summed E-state index contributed by atoms with van der Waals surface area (Å²) in [6.45, 7) is 0. The van der Waals surface area contributed by atoms with E-state index in [4.69, 9.17) is 5.73 Å². The second-order valence-corrected chi connectivity index (χ2v) is 5.99. The summed E-state index contributed by atoms with van der Waals surface area (Å²) >= 11 is 1.68. The molecule has 0 spiro atoms. The molecule has 3 N–H and O–H groups in total. The number of anilines is 1. The van der Waals surface area contributed by atoms with Gasteiger partial charge in [-0.15, -0.1) is 0 Å². The lowest BCUT2D eigenvalue weighted by Crippen LogP contribution is -2.34. The van der Waals surface area contributed by atoms with Crippen molar-refractivity contribution in [1.82, 2.24) is 9.71 Å². The van der Waals surface area contributed by atoms with Gasteiger partial charge in [-0.2, -0.15) is 0 Å². The number of nitrogens with one attached hydrogen (secondary N) is 1. The lowest BCUT2D eigenvalue weighted by Gasteiger charge is -2.26. The molecule has 0 bridgehead atoms. The van der Waals surface area contributed by atoms with Crippen LogP contribution in [0.4, 0.5) is 5.82 Å². The Bertz CT molecular complexity index is 358. The van der Waals surface area contributed by atoms with Gasteiger partial charge in [-0.1, -0.05) is 0 Å². The van der Waals surface area contributed by atoms with Crippen molar-refractivity contribution in [1.29, 1.82) is 0 Å². The van der Waals surface area contributed by atoms with Crippen molar-refractivity contribution in [3.8, 4) is 0 Å². The predicted molar refractivity (Wildman–Crippen MR) is 77.8 cm³/mol. The van der Waals surface area contributed by atoms with Crippen LogP contribution in [0.3, 0.4) is 0 Å². The molecule has 4 nitrogen and oxygen atoms in total. The van der Waals surface area contributed by atoms with E-state index in [1.807, 2.05) is 31.3 Å². The largest absolute Gasteiger partial charge is 0.363 e. The monoisotopic (exact) mass is 266 g/mol. The lowest BCUT2D eigenvalue weighted by atomic mass is 9.93. The molecule has 1 aliphatic carbocycles. The minimum Gasteiger partial charge on any atom is -0.363 e. The fraction of sp³-hybridized carbons (Fsp3) is 0.615. The zero-order valence-electron chi connectivity index (χ0n) is 11.1. The van der Waals surface area contributed by atoms with E-state index in [0.717, 1.165) is 23.6 Å². The molecule has 1 fully saturated rings. The average Bonchev–Trinajstić information content (AvgIpc) is 2.38. The zero-order chi connectivity index (χ0) is 13.0. The molecule has 18 heavy (non-hydrogen) atoms. The second kappa shape index (κ2) is 6.41. The van der Waals surface area contributed by atoms with Crippen LogP contribution in [0.2, 0.25) is 0 Å². The molecule has 0 radical (unpaired) electrons. The molecule has 1 aliphatic rings. The first kappa shape index (κ1) is 13.6. The number of hydrogen-bond donors (Lipinski definition) is 2. The molecule has 5 heteroatoms. The number of hydrogen-bond acceptors (Lipinski definition) is 5. The molecule has 100 valence electrons. The quantitative estimate of drug-likeness (QED) is 0.817. The van der Waals surface area contributed by atoms with E-state index in [1.165, 1.54) is 12.8 Å². The molecular formula is C13H22N4S. The molecule has 1 aromatic heterocycles. The highest BCUT2D eigenvalue weighted by Crippen LogP contribution is 2.22. The number of nitrogens with two attached hydrogens (primary N) is 1. The molecule has 0 unspecified atom stereocenters. The predicted octanol–water partition coefficient (Wildman–Crippen LogP) is 2.01. The zero-order valence-corrected chi connectivity index (χ0v) is 11.9. The van der Waals surface area contributed by atoms with Crippen LogP contribution in [0.5, 0.6) is 0 Å². The Labute approximate surface area is 113 Å². The SMILES string of the molecule is CN(C)c1ccc(SNC2CCC(N)CC2)cn1. The van der Waals surface area contributed by atoms with E-state index in [0.29, 0.717) is 12.1 Å². The van der Waals surface area contributed by atoms with Gasteiger partial charge in [-0.25, -0.2) is 4.98 Å². The minimum absolute atomic E-state index is 0.411. The van der Waals surface area contributed by atoms with E-state index in [9.17, 15) is 0 Å². The average molecular weight is 266 g/mol. The Balaban J connectivity index is 1.79. The van der Waals surface area contributed by atoms with Crippen molar-refractivity contribution in [3.05, 3.63) is 18.3 Å². The van der Waals surface area contributed by atoms with Gasteiger partial charge in [0.05, 0.1) is 0 Å². The van der Waals surface area contributed by atoms with Gasteiger partial charge in [0.25, 0.3) is 0 Å². The topological polar surface area (TPSA) is 54.2 Å². The highest BCUT2D eigenvalue weighted by molar-refractivity contribution is 7.97. The molecule has 1 heterocycles. The van der Waals surface area contributed by atoms with Crippen molar-refractivity contribution >= 4 is 17.8 Å². The van der Waals surface area contributed by atoms with Crippen LogP contribution in [0.1, 0.15) is 25.7 Å². The van der Waals surface area contributed by atoms with Gasteiger partial charge >= 0.3 is 0 Å². The van der Waals surface area contributed by atoms with Gasteiger partial charge in [0.15, 0.2) is 0 Å². The van der Waals surface area contributed by atoms with Crippen LogP contribution in [0.15, 0.2) is 23.2 Å². The third-order valence-corrected chi connectivity index (χ3v) is 4.22. The molecule has 1 saturated carbocycles. The normalized spacial score (nSPS) is 23.9. The number of pyridine rings is 1. The summed E-state index contributed by atoms with van der Waals surface area (Å²) in [6.07, 6.45) is 6.54. The summed E-state index contributed by atoms with van der Waals surface area (Å²) in [5, 5.41) is 0. The van der Waals surface area contributed by atoms with Crippen molar-refractivity contribution < 1.29 is 0 Å². The van der Waals surface area contributed by atoms with Crippen LogP contribution in [-0.4, -0.2) is 31.2 Å². The summed E-state index contributed by atoms with van der Waals surface area (Å²) < 4.78 is 3.51. The molecule has 2 rings (SSSR count). The van der Waals surface area contributed by atoms with Crippen molar-refractivity contribution in [2.45, 2.75) is 42.7 Å². The van der Waals surface area contributed by atoms with E-state index in [-0.39, 0.29) is 0 Å². The lowest BCUT2D eigenvalue weighted by molar-refractivity contribution is 0.381. The molecule has 0 amide bonds. The Kier molecular flexibility index (Phi) is 4.86. The van der Waals surface area contributed by atoms with Crippen LogP contribution < -0.4 is 15.4 Å². The summed E-state index contributed by atoms with van der Waals surface area (Å²) in [4.78, 5) is 7.57. The third-order valence-electron chi connectivity index (χ3n) is 3.29. The van der Waals surface area contributed by atoms with E-state index in [1.54, 1.807) is 11.9 Å². The maximum Gasteiger partial charge on any atom is 0.128 e. The molecule has 0 saturated heterocycles. The van der Waals surface area contributed by atoms with Gasteiger partial charge in [-0.05, 0) is 49.8 Å². The van der Waals surface area contributed by atoms with E-state index in [2.05, 4.69) is 15.8 Å². The number of nitrogens with zero attached hydrogens (tertiary/aromatic N) is 2. The van der Waals surface area contributed by atoms with Crippen LogP contribution in [0.25, 0.3) is 0 Å². The van der Waals surface area contributed by atoms with Gasteiger partial charge in [0.1, 0.15) is 5.82 Å². The van der Waals surface area contributed by atoms with Gasteiger partial charge in [0.2, 0.25) is 0 Å². The smallest absolute Gasteiger partial charge is 0.128 e. The van der Waals surface area contributed by atoms with Crippen LogP contribution >= 0.6 is 11.9 Å². The third kappa shape index (κ3) is 3.86. The first-order valence-electron chi connectivity index (χ1n) is 6.46. The van der Waals surface area contributed by atoms with Crippen molar-refractivity contribution in [2.75, 3.05) is 19.0 Å². The highest BCUT2D eigenvalue weighted by atomic mass is 32.2. The maximum absolute atomic E-state index is 5.90. The maximum atomic E-state index is 5.90. The summed E-state index contributed by atoms with van der Waals surface area (Å²) in [7, 11) is 4.00. The van der Waals surface area contributed by atoms with Crippen LogP contribution in [-0.2, 0) is 0 Å². The van der Waals surface area contributed by atoms with Gasteiger partial charge in [0, 0.05) is 37.3 Å². The summed E-state index contributed by atoms with van der Waals surface area (Å²) in [6, 6.07) is 5.15. The summed E-state index contributed by atoms with van der Waals surface area (Å²) in [5.74, 6) is 0.989. The second-order valence-electron chi connectivity index (χ2n) is 5.08. The van der Waals surface area contributed by atoms with E-state index < -0.39 is 0 Å². The Morgan fingerprint density at radius 3 is 2.56 bits per heavy atom. The summed E-state index contributed by atoms with van der Waals surface area (Å²) in [5.41, 5.74) is 5.90. The van der Waals surface area contributed by atoms with Crippen LogP contribution in [0, 0.1) is 0 Å². The van der Waals surface area contributed by atoms with Gasteiger partial charge in [-0.3, -0.25) is 4.72 Å². The van der Waals surface area contributed by atoms with E-state index >= 15 is 0 Å². The number of aromatic nitrogens is 1. The van der Waals surface area contributed by atoms with Crippen molar-refractivity contribution in [2.24, 2.45) is 5.73 Å². The first-order chi connectivity index (χ1) is 8.65. The standard InChI is InChI=1S/C13H22N4S/c1-17(2)13-8-7-12(9-15-13)18-16-11-5-3-10(14)4-6-11/h7-11,16H,3-6,14H2,1-2H3. The fourth-order valence-corrected chi connectivity index (χ4v) is 2.87. The molecule has 0 aliphatic heterocycles. The molecule has 1 aromatic rings. The Morgan fingerprint density at radius 1 is 1.28 bits per heavy atom. The molecular weight excluding hydrogens is 244 g/mol. The first-order valence-corrected chi connectivity index (χ1v) is 7.28.